The Morgan fingerprint density at radius 2 is 1.44 bits per heavy atom. The van der Waals surface area contributed by atoms with Crippen LogP contribution >= 0.6 is 0 Å². The van der Waals surface area contributed by atoms with Gasteiger partial charge in [0.1, 0.15) is 11.6 Å². The number of alkyl halides is 4. The van der Waals surface area contributed by atoms with Crippen LogP contribution in [0.25, 0.3) is 11.6 Å². The van der Waals surface area contributed by atoms with Gasteiger partial charge in [0.15, 0.2) is 11.6 Å². The van der Waals surface area contributed by atoms with Crippen molar-refractivity contribution < 1.29 is 35.1 Å². The Balaban J connectivity index is 1.55. The fraction of sp³-hybridized carbons (Fsp3) is 0.429. The molecule has 4 rings (SSSR count). The quantitative estimate of drug-likeness (QED) is 0.255. The second-order valence-electron chi connectivity index (χ2n) is 9.69. The smallest absolute Gasteiger partial charge is 0.206 e. The van der Waals surface area contributed by atoms with Crippen LogP contribution < -0.4 is 0 Å². The Morgan fingerprint density at radius 1 is 0.833 bits per heavy atom. The van der Waals surface area contributed by atoms with E-state index in [9.17, 15) is 17.6 Å². The van der Waals surface area contributed by atoms with Gasteiger partial charge in [0.05, 0.1) is 0 Å². The fourth-order valence-corrected chi connectivity index (χ4v) is 5.32. The first-order valence-corrected chi connectivity index (χ1v) is 12.0. The summed E-state index contributed by atoms with van der Waals surface area (Å²) in [6.45, 7) is 1.88. The predicted octanol–water partition coefficient (Wildman–Crippen LogP) is 9.23. The number of hydrogen-bond donors (Lipinski definition) is 0. The van der Waals surface area contributed by atoms with E-state index in [0.29, 0.717) is 12.8 Å². The molecule has 0 aliphatic heterocycles. The molecule has 0 atom stereocenters. The Bertz CT molecular complexity index is 1160. The highest BCUT2D eigenvalue weighted by molar-refractivity contribution is 5.89. The van der Waals surface area contributed by atoms with Crippen LogP contribution in [0, 0.1) is 35.1 Å². The van der Waals surface area contributed by atoms with Crippen LogP contribution in [-0.4, -0.2) is 5.92 Å². The van der Waals surface area contributed by atoms with Gasteiger partial charge in [-0.25, -0.2) is 17.6 Å². The molecule has 0 saturated heterocycles. The molecule has 0 radical (unpaired) electrons. The molecule has 0 bridgehead atoms. The maximum Gasteiger partial charge on any atom is 0.335 e. The van der Waals surface area contributed by atoms with Gasteiger partial charge in [0.2, 0.25) is 0 Å². The largest absolute Gasteiger partial charge is 0.335 e. The van der Waals surface area contributed by atoms with Crippen LogP contribution in [0.3, 0.4) is 0 Å². The molecule has 36 heavy (non-hydrogen) atoms. The predicted molar refractivity (Wildman–Crippen MR) is 123 cm³/mol. The third kappa shape index (κ3) is 4.83. The van der Waals surface area contributed by atoms with E-state index in [0.717, 1.165) is 25.0 Å². The van der Waals surface area contributed by atoms with Gasteiger partial charge >= 0.3 is 11.8 Å². The molecule has 1 saturated carbocycles. The van der Waals surface area contributed by atoms with E-state index in [-0.39, 0.29) is 54.0 Å². The molecule has 2 aliphatic rings. The minimum atomic E-state index is -4.78. The zero-order chi connectivity index (χ0) is 26.3. The number of rotatable bonds is 7. The van der Waals surface area contributed by atoms with E-state index >= 15 is 17.6 Å². The molecular formula is C28H26F8. The summed E-state index contributed by atoms with van der Waals surface area (Å²) in [6.07, 6.45) is 7.13. The molecule has 2 aliphatic carbocycles. The van der Waals surface area contributed by atoms with Crippen molar-refractivity contribution in [2.75, 3.05) is 0 Å². The summed E-state index contributed by atoms with van der Waals surface area (Å²) in [4.78, 5) is 0. The molecule has 0 heterocycles. The zero-order valence-corrected chi connectivity index (χ0v) is 19.7. The minimum Gasteiger partial charge on any atom is -0.206 e. The van der Waals surface area contributed by atoms with Crippen molar-refractivity contribution in [1.82, 2.24) is 0 Å². The highest BCUT2D eigenvalue weighted by atomic mass is 19.3. The molecule has 0 N–H and O–H groups in total. The van der Waals surface area contributed by atoms with Gasteiger partial charge in [-0.05, 0) is 98.8 Å². The maximum atomic E-state index is 15.0. The second kappa shape index (κ2) is 10.0. The first kappa shape index (κ1) is 26.4. The van der Waals surface area contributed by atoms with Crippen molar-refractivity contribution >= 4 is 11.6 Å². The summed E-state index contributed by atoms with van der Waals surface area (Å²) in [6, 6.07) is 2.23. The van der Waals surface area contributed by atoms with Crippen molar-refractivity contribution in [3.8, 4) is 0 Å². The molecule has 8 heteroatoms. The zero-order valence-electron chi connectivity index (χ0n) is 19.7. The molecule has 2 aromatic carbocycles. The number of benzene rings is 2. The van der Waals surface area contributed by atoms with E-state index < -0.39 is 52.2 Å². The van der Waals surface area contributed by atoms with E-state index in [1.165, 1.54) is 6.08 Å². The molecule has 194 valence electrons. The van der Waals surface area contributed by atoms with Crippen molar-refractivity contribution in [3.63, 3.8) is 0 Å². The Labute approximate surface area is 204 Å². The van der Waals surface area contributed by atoms with E-state index in [1.807, 2.05) is 19.1 Å². The van der Waals surface area contributed by atoms with Gasteiger partial charge < -0.3 is 0 Å². The summed E-state index contributed by atoms with van der Waals surface area (Å²) < 4.78 is 117. The number of halogens is 8. The fourth-order valence-electron chi connectivity index (χ4n) is 5.32. The van der Waals surface area contributed by atoms with Gasteiger partial charge in [-0.15, -0.1) is 0 Å². The van der Waals surface area contributed by atoms with Crippen LogP contribution in [0.1, 0.15) is 67.7 Å². The lowest BCUT2D eigenvalue weighted by Gasteiger charge is -2.37. The SMILES string of the molecule is C/C=C/CCC1CCC(C(F)(F)C(F)(F)c2cc(F)c(C3=Cc4cc(F)c(F)cc4C3)c(F)c2)CC1. The molecule has 2 aromatic rings. The Morgan fingerprint density at radius 3 is 2.06 bits per heavy atom. The highest BCUT2D eigenvalue weighted by Crippen LogP contribution is 2.52. The summed E-state index contributed by atoms with van der Waals surface area (Å²) >= 11 is 0. The van der Waals surface area contributed by atoms with Crippen molar-refractivity contribution in [1.29, 1.82) is 0 Å². The van der Waals surface area contributed by atoms with Crippen LogP contribution in [0.4, 0.5) is 35.1 Å². The summed E-state index contributed by atoms with van der Waals surface area (Å²) in [5.74, 6) is -15.8. The Hall–Kier alpha value is -2.64. The molecule has 1 fully saturated rings. The molecule has 0 spiro atoms. The van der Waals surface area contributed by atoms with Crippen molar-refractivity contribution in [3.05, 3.63) is 81.9 Å². The third-order valence-electron chi connectivity index (χ3n) is 7.37. The molecule has 0 aromatic heterocycles. The van der Waals surface area contributed by atoms with Gasteiger partial charge in [0, 0.05) is 17.0 Å². The minimum absolute atomic E-state index is 0.0251. The number of fused-ring (bicyclic) bond motifs is 1. The normalized spacial score (nSPS) is 20.6. The summed E-state index contributed by atoms with van der Waals surface area (Å²) in [5, 5.41) is 0. The lowest BCUT2D eigenvalue weighted by atomic mass is 9.75. The first-order valence-electron chi connectivity index (χ1n) is 12.0. The summed E-state index contributed by atoms with van der Waals surface area (Å²) in [7, 11) is 0. The monoisotopic (exact) mass is 514 g/mol. The highest BCUT2D eigenvalue weighted by Gasteiger charge is 2.62. The van der Waals surface area contributed by atoms with Gasteiger partial charge in [0.25, 0.3) is 0 Å². The molecule has 0 amide bonds. The van der Waals surface area contributed by atoms with Crippen LogP contribution in [0.15, 0.2) is 36.4 Å². The van der Waals surface area contributed by atoms with Crippen molar-refractivity contribution in [2.24, 2.45) is 11.8 Å². The first-order chi connectivity index (χ1) is 17.0. The van der Waals surface area contributed by atoms with Gasteiger partial charge in [-0.3, -0.25) is 0 Å². The van der Waals surface area contributed by atoms with Gasteiger partial charge in [-0.1, -0.05) is 18.2 Å². The van der Waals surface area contributed by atoms with E-state index in [1.54, 1.807) is 0 Å². The maximum absolute atomic E-state index is 15.0. The average Bonchev–Trinajstić information content (AvgIpc) is 3.21. The number of allylic oxidation sites excluding steroid dienone is 3. The van der Waals surface area contributed by atoms with Gasteiger partial charge in [-0.2, -0.15) is 17.6 Å². The topological polar surface area (TPSA) is 0 Å². The Kier molecular flexibility index (Phi) is 7.35. The van der Waals surface area contributed by atoms with Crippen LogP contribution in [-0.2, 0) is 12.3 Å². The number of hydrogen-bond acceptors (Lipinski definition) is 0. The lowest BCUT2D eigenvalue weighted by molar-refractivity contribution is -0.249. The van der Waals surface area contributed by atoms with Crippen LogP contribution in [0.5, 0.6) is 0 Å². The third-order valence-corrected chi connectivity index (χ3v) is 7.37. The molecule has 0 nitrogen and oxygen atoms in total. The lowest BCUT2D eigenvalue weighted by Crippen LogP contribution is -2.46. The van der Waals surface area contributed by atoms with E-state index in [4.69, 9.17) is 0 Å². The summed E-state index contributed by atoms with van der Waals surface area (Å²) in [5.41, 5.74) is -1.68. The van der Waals surface area contributed by atoms with Crippen molar-refractivity contribution in [2.45, 2.75) is 63.7 Å². The average molecular weight is 515 g/mol. The molecular weight excluding hydrogens is 488 g/mol. The van der Waals surface area contributed by atoms with Crippen LogP contribution in [0.2, 0.25) is 0 Å². The standard InChI is InChI=1S/C28H26F8/c1-2-3-4-5-16-6-8-20(9-7-16)27(33,34)28(35,36)21-14-24(31)26(25(32)15-21)19-10-17-12-22(29)23(30)13-18(17)11-19/h2-3,10,12-16,20H,4-9,11H2,1H3/b3-2+. The van der Waals surface area contributed by atoms with E-state index in [2.05, 4.69) is 0 Å². The second-order valence-corrected chi connectivity index (χ2v) is 9.69. The molecule has 0 unspecified atom stereocenters.